The first-order valence-electron chi connectivity index (χ1n) is 2.16. The maximum atomic E-state index is 5.38. The van der Waals surface area contributed by atoms with Gasteiger partial charge in [0.2, 0.25) is 0 Å². The van der Waals surface area contributed by atoms with Gasteiger partial charge in [0.05, 0.1) is 0 Å². The van der Waals surface area contributed by atoms with Crippen molar-refractivity contribution >= 4 is 45.6 Å². The largest absolute Gasteiger partial charge is 0.472 e. The third-order valence-corrected chi connectivity index (χ3v) is 1.77. The maximum Gasteiger partial charge on any atom is 0.472 e. The van der Waals surface area contributed by atoms with Crippen LogP contribution in [0.2, 0.25) is 0 Å². The third kappa shape index (κ3) is 6.76. The van der Waals surface area contributed by atoms with E-state index >= 15 is 0 Å². The van der Waals surface area contributed by atoms with Crippen molar-refractivity contribution in [2.45, 2.75) is 13.3 Å². The Morgan fingerprint density at radius 2 is 2.00 bits per heavy atom. The minimum Gasteiger partial charge on any atom is -0.288 e. The van der Waals surface area contributed by atoms with Gasteiger partial charge < -0.3 is 0 Å². The van der Waals surface area contributed by atoms with Crippen LogP contribution in [-0.2, 0) is 0 Å². The van der Waals surface area contributed by atoms with Crippen LogP contribution in [0.15, 0.2) is 4.66 Å². The Morgan fingerprint density at radius 3 is 2.12 bits per heavy atom. The predicted molar refractivity (Wildman–Crippen MR) is 42.1 cm³/mol. The molecule has 0 rings (SSSR count). The van der Waals surface area contributed by atoms with Crippen LogP contribution in [0.25, 0.3) is 0 Å². The van der Waals surface area contributed by atoms with E-state index in [0.29, 0.717) is 0 Å². The highest BCUT2D eigenvalue weighted by Gasteiger charge is 2.22. The molecule has 0 spiro atoms. The highest BCUT2D eigenvalue weighted by molar-refractivity contribution is 7.64. The van der Waals surface area contributed by atoms with Crippen molar-refractivity contribution < 1.29 is 0 Å². The van der Waals surface area contributed by atoms with E-state index in [4.69, 9.17) is 33.2 Å². The quantitative estimate of drug-likeness (QED) is 0.361. The number of hydrogen-bond acceptors (Lipinski definition) is 1. The number of halogens is 3. The highest BCUT2D eigenvalue weighted by atomic mass is 35.8. The molecular weight excluding hydrogens is 184 g/mol. The molecule has 0 aliphatic carbocycles. The van der Waals surface area contributed by atoms with Crippen LogP contribution in [0.3, 0.4) is 0 Å². The summed E-state index contributed by atoms with van der Waals surface area (Å²) in [6, 6.07) is 0. The van der Waals surface area contributed by atoms with E-state index in [0.717, 1.165) is 6.42 Å². The molecule has 0 aromatic rings. The average Bonchev–Trinajstić information content (AvgIpc) is 1.59. The summed E-state index contributed by atoms with van der Waals surface area (Å²) in [7, 11) is 0. The Hall–Kier alpha value is 0.757. The fraction of sp³-hybridized carbons (Fsp3) is 0.667. The van der Waals surface area contributed by atoms with Crippen LogP contribution in [0.1, 0.15) is 13.3 Å². The molecule has 0 radical (unpaired) electrons. The van der Waals surface area contributed by atoms with Crippen molar-refractivity contribution in [2.75, 3.05) is 0 Å². The third-order valence-electron chi connectivity index (χ3n) is 0.420. The fourth-order valence-electron chi connectivity index (χ4n) is 0.195. The van der Waals surface area contributed by atoms with Crippen LogP contribution >= 0.6 is 33.2 Å². The van der Waals surface area contributed by atoms with E-state index < -0.39 is 6.16 Å². The van der Waals surface area contributed by atoms with Crippen LogP contribution < -0.4 is 0 Å². The van der Waals surface area contributed by atoms with Gasteiger partial charge in [-0.2, -0.15) is 0 Å². The number of nitrogens with zero attached hydrogens (tertiary/aromatic N) is 1. The van der Waals surface area contributed by atoms with Gasteiger partial charge in [-0.3, -0.25) is 4.66 Å². The first-order valence-corrected chi connectivity index (χ1v) is 7.15. The van der Waals surface area contributed by atoms with Crippen LogP contribution in [0.5, 0.6) is 0 Å². The van der Waals surface area contributed by atoms with E-state index in [-0.39, 0.29) is 0 Å². The first-order chi connectivity index (χ1) is 3.56. The maximum absolute atomic E-state index is 5.38. The Morgan fingerprint density at radius 1 is 1.50 bits per heavy atom. The summed E-state index contributed by atoms with van der Waals surface area (Å²) >= 11 is 16.2. The van der Waals surface area contributed by atoms with Crippen molar-refractivity contribution in [2.24, 2.45) is 4.66 Å². The molecule has 0 aromatic carbocycles. The zero-order valence-electron chi connectivity index (χ0n) is 4.37. The summed E-state index contributed by atoms with van der Waals surface area (Å²) in [6.07, 6.45) is -0.247. The molecule has 5 heteroatoms. The molecular formula is C3H6Cl3NSi. The van der Waals surface area contributed by atoms with Gasteiger partial charge in [0.1, 0.15) is 0 Å². The number of hydrogen-bond donors (Lipinski definition) is 0. The predicted octanol–water partition coefficient (Wildman–Crippen LogP) is 2.62. The summed E-state index contributed by atoms with van der Waals surface area (Å²) in [5, 5.41) is 0. The van der Waals surface area contributed by atoms with E-state index in [9.17, 15) is 0 Å². The smallest absolute Gasteiger partial charge is 0.288 e. The molecule has 0 aromatic heterocycles. The summed E-state index contributed by atoms with van der Waals surface area (Å²) in [4.78, 5) is 0. The summed E-state index contributed by atoms with van der Waals surface area (Å²) in [6.45, 7) is 1.94. The Labute approximate surface area is 63.9 Å². The monoisotopic (exact) mass is 189 g/mol. The van der Waals surface area contributed by atoms with Gasteiger partial charge in [0.25, 0.3) is 0 Å². The molecule has 0 aliphatic rings. The molecule has 1 nitrogen and oxygen atoms in total. The van der Waals surface area contributed by atoms with Gasteiger partial charge in [0.15, 0.2) is 0 Å². The highest BCUT2D eigenvalue weighted by Crippen LogP contribution is 2.19. The lowest BCUT2D eigenvalue weighted by Gasteiger charge is -1.95. The first kappa shape index (κ1) is 8.76. The Balaban J connectivity index is 3.52. The standard InChI is InChI=1S/C3H6Cl3NSi/c1-2-3-7-8(4,5)6/h3H,2H2,1H3/b7-3+. The molecule has 0 saturated carbocycles. The molecule has 0 unspecified atom stereocenters. The molecule has 0 aliphatic heterocycles. The molecule has 0 bridgehead atoms. The fourth-order valence-corrected chi connectivity index (χ4v) is 1.21. The van der Waals surface area contributed by atoms with Gasteiger partial charge in [-0.25, -0.2) is 0 Å². The summed E-state index contributed by atoms with van der Waals surface area (Å²) in [5.74, 6) is 0. The minimum absolute atomic E-state index is 0.820. The molecule has 0 N–H and O–H groups in total. The van der Waals surface area contributed by atoms with Gasteiger partial charge in [-0.05, 0) is 12.6 Å². The number of rotatable bonds is 2. The SMILES string of the molecule is CC/C=N/[Si](Cl)(Cl)Cl. The van der Waals surface area contributed by atoms with Gasteiger partial charge >= 0.3 is 6.16 Å². The van der Waals surface area contributed by atoms with Crippen molar-refractivity contribution in [1.82, 2.24) is 0 Å². The van der Waals surface area contributed by atoms with Crippen molar-refractivity contribution in [1.29, 1.82) is 0 Å². The van der Waals surface area contributed by atoms with Crippen LogP contribution in [0, 0.1) is 0 Å². The second-order valence-electron chi connectivity index (χ2n) is 1.19. The molecule has 8 heavy (non-hydrogen) atoms. The topological polar surface area (TPSA) is 12.4 Å². The lowest BCUT2D eigenvalue weighted by Crippen LogP contribution is -2.04. The zero-order valence-corrected chi connectivity index (χ0v) is 7.63. The minimum atomic E-state index is -2.69. The van der Waals surface area contributed by atoms with Gasteiger partial charge in [0, 0.05) is 0 Å². The van der Waals surface area contributed by atoms with Gasteiger partial charge in [-0.15, -0.1) is 33.2 Å². The molecule has 0 atom stereocenters. The van der Waals surface area contributed by atoms with Crippen LogP contribution in [0.4, 0.5) is 0 Å². The van der Waals surface area contributed by atoms with Gasteiger partial charge in [-0.1, -0.05) is 6.92 Å². The molecule has 0 heterocycles. The lowest BCUT2D eigenvalue weighted by molar-refractivity contribution is 1.33. The normalized spacial score (nSPS) is 13.0. The molecule has 0 saturated heterocycles. The lowest BCUT2D eigenvalue weighted by atomic mass is 10.6. The van der Waals surface area contributed by atoms with E-state index in [1.807, 2.05) is 6.92 Å². The Kier molecular flexibility index (Phi) is 4.07. The average molecular weight is 191 g/mol. The summed E-state index contributed by atoms with van der Waals surface area (Å²) in [5.41, 5.74) is 0. The van der Waals surface area contributed by atoms with Crippen molar-refractivity contribution in [3.63, 3.8) is 0 Å². The van der Waals surface area contributed by atoms with E-state index in [1.165, 1.54) is 0 Å². The molecule has 0 amide bonds. The van der Waals surface area contributed by atoms with Crippen molar-refractivity contribution in [3.05, 3.63) is 0 Å². The zero-order chi connectivity index (χ0) is 6.62. The Bertz CT molecular complexity index is 87.0. The molecule has 0 fully saturated rings. The van der Waals surface area contributed by atoms with Crippen molar-refractivity contribution in [3.8, 4) is 0 Å². The van der Waals surface area contributed by atoms with Crippen LogP contribution in [-0.4, -0.2) is 12.4 Å². The van der Waals surface area contributed by atoms with E-state index in [1.54, 1.807) is 6.21 Å². The second-order valence-corrected chi connectivity index (χ2v) is 9.05. The van der Waals surface area contributed by atoms with E-state index in [2.05, 4.69) is 4.66 Å². The second kappa shape index (κ2) is 3.72. The summed E-state index contributed by atoms with van der Waals surface area (Å²) < 4.78 is 3.69. The molecule has 48 valence electrons.